The van der Waals surface area contributed by atoms with E-state index in [0.717, 1.165) is 0 Å². The molecule has 0 unspecified atom stereocenters. The summed E-state index contributed by atoms with van der Waals surface area (Å²) in [6.07, 6.45) is 15.6. The van der Waals surface area contributed by atoms with Crippen LogP contribution in [0.3, 0.4) is 0 Å². The summed E-state index contributed by atoms with van der Waals surface area (Å²) in [7, 11) is -21.0. The van der Waals surface area contributed by atoms with Gasteiger partial charge in [-0.25, -0.2) is 0 Å². The van der Waals surface area contributed by atoms with Crippen LogP contribution in [0.5, 0.6) is 0 Å². The van der Waals surface area contributed by atoms with E-state index in [1.165, 1.54) is 39.6 Å². The Hall–Kier alpha value is 0.217. The van der Waals surface area contributed by atoms with Crippen molar-refractivity contribution in [3.63, 3.8) is 0 Å². The van der Waals surface area contributed by atoms with E-state index in [0.29, 0.717) is 0 Å². The summed E-state index contributed by atoms with van der Waals surface area (Å²) in [5.74, 6) is 4.69. The van der Waals surface area contributed by atoms with E-state index in [-0.39, 0.29) is 62.7 Å². The molecule has 3 aromatic rings. The van der Waals surface area contributed by atoms with Crippen molar-refractivity contribution in [3.05, 3.63) is 91.0 Å². The Kier molecular flexibility index (Phi) is 24.6. The second kappa shape index (κ2) is 23.6. The Morgan fingerprint density at radius 3 is 0.544 bits per heavy atom. The molecule has 338 valence electrons. The molecule has 7 rings (SSSR count). The van der Waals surface area contributed by atoms with Gasteiger partial charge in [-0.2, -0.15) is 0 Å². The predicted molar refractivity (Wildman–Crippen MR) is 222 cm³/mol. The van der Waals surface area contributed by atoms with Crippen LogP contribution in [0, 0.1) is 23.7 Å². The molecule has 0 aromatic heterocycles. The normalized spacial score (nSPS) is 22.3. The van der Waals surface area contributed by atoms with Crippen LogP contribution >= 0.6 is 39.4 Å². The van der Waals surface area contributed by atoms with Gasteiger partial charge in [0, 0.05) is 39.0 Å². The molecule has 0 atom stereocenters. The molecule has 4 saturated carbocycles. The van der Waals surface area contributed by atoms with Gasteiger partial charge in [0.2, 0.25) is 0 Å². The predicted octanol–water partition coefficient (Wildman–Crippen LogP) is 17.3. The Labute approximate surface area is 361 Å². The molecule has 4 fully saturated rings. The summed E-state index contributed by atoms with van der Waals surface area (Å²) < 4.78 is 118. The van der Waals surface area contributed by atoms with Crippen molar-refractivity contribution in [2.45, 2.75) is 64.2 Å². The van der Waals surface area contributed by atoms with Gasteiger partial charge in [0.1, 0.15) is 0 Å². The quantitative estimate of drug-likeness (QED) is 0.139. The van der Waals surface area contributed by atoms with Gasteiger partial charge in [-0.05, 0) is 92.4 Å². The van der Waals surface area contributed by atoms with E-state index in [4.69, 9.17) is 0 Å². The molecule has 19 heteroatoms. The second-order valence-corrected chi connectivity index (χ2v) is 25.6. The standard InChI is InChI=1S/3C8H11P.2C7H12.2F6P.2Rh/c3*1-9(2)8-6-4-3-5-7-8;2*1-2-7-4-3-6(1)5-7;2*1-7(2,3,4,5)6;;/h3*3-7H,1-2H3;2*6-7H,1-5H2;;;;/q;;;;;2*-1;;. The molecule has 2 radical (unpaired) electrons. The zero-order valence-corrected chi connectivity index (χ0v) is 40.7. The van der Waals surface area contributed by atoms with Gasteiger partial charge in [-0.15, -0.1) is 0 Å². The van der Waals surface area contributed by atoms with E-state index in [9.17, 15) is 50.4 Å². The molecule has 57 heavy (non-hydrogen) atoms. The summed E-state index contributed by atoms with van der Waals surface area (Å²) in [6, 6.07) is 31.9. The number of hydrogen-bond donors (Lipinski definition) is 0. The molecule has 0 N–H and O–H groups in total. The molecule has 0 heterocycles. The maximum Gasteiger partial charge on any atom is 0 e. The van der Waals surface area contributed by atoms with E-state index in [2.05, 4.69) is 131 Å². The summed E-state index contributed by atoms with van der Waals surface area (Å²) in [4.78, 5) is 0. The second-order valence-electron chi connectivity index (χ2n) is 14.9. The fraction of sp³-hybridized carbons (Fsp3) is 0.526. The maximum atomic E-state index is 9.87. The summed E-state index contributed by atoms with van der Waals surface area (Å²) in [5.41, 5.74) is 0. The first-order valence-corrected chi connectivity index (χ1v) is 28.8. The molecule has 0 amide bonds. The molecule has 3 aromatic carbocycles. The Bertz CT molecular complexity index is 1290. The van der Waals surface area contributed by atoms with Crippen LogP contribution in [0.4, 0.5) is 50.4 Å². The minimum absolute atomic E-state index is 0. The first-order valence-electron chi connectivity index (χ1n) is 18.0. The monoisotopic (exact) mass is 1100 g/mol. The molecule has 4 aliphatic rings. The van der Waals surface area contributed by atoms with Crippen LogP contribution in [-0.4, -0.2) is 40.0 Å². The van der Waals surface area contributed by atoms with Crippen LogP contribution in [0.2, 0.25) is 0 Å². The van der Waals surface area contributed by atoms with E-state index in [1.807, 2.05) is 0 Å². The Morgan fingerprint density at radius 1 is 0.333 bits per heavy atom. The van der Waals surface area contributed by atoms with Gasteiger partial charge in [0.05, 0.1) is 0 Å². The third-order valence-corrected chi connectivity index (χ3v) is 13.1. The van der Waals surface area contributed by atoms with Crippen LogP contribution < -0.4 is 15.9 Å². The maximum absolute atomic E-state index is 10.7. The van der Waals surface area contributed by atoms with E-state index >= 15 is 0 Å². The van der Waals surface area contributed by atoms with Crippen molar-refractivity contribution in [2.24, 2.45) is 23.7 Å². The summed E-state index contributed by atoms with van der Waals surface area (Å²) in [5, 5.41) is 4.44. The number of hydrogen-bond acceptors (Lipinski definition) is 0. The zero-order valence-electron chi connectivity index (χ0n) is 33.0. The number of rotatable bonds is 3. The number of halogens is 12. The summed E-state index contributed by atoms with van der Waals surface area (Å²) >= 11 is 0. The first-order chi connectivity index (χ1) is 24.7. The van der Waals surface area contributed by atoms with Crippen LogP contribution in [-0.2, 0) is 39.0 Å². The fourth-order valence-electron chi connectivity index (χ4n) is 6.53. The van der Waals surface area contributed by atoms with Gasteiger partial charge < -0.3 is 0 Å². The van der Waals surface area contributed by atoms with Crippen molar-refractivity contribution in [1.82, 2.24) is 0 Å². The SMILES string of the molecule is C1CC2CCC1C2.C1CC2CCC1C2.CP(C)c1ccccc1.CP(C)c1ccccc1.CP(C)c1ccccc1.F[P-](F)(F)(F)(F)F.F[P-](F)(F)(F)(F)F.[Rh].[Rh]. The van der Waals surface area contributed by atoms with Crippen LogP contribution in [0.25, 0.3) is 0 Å². The molecule has 4 bridgehead atoms. The molecular weight excluding hydrogens is 1050 g/mol. The van der Waals surface area contributed by atoms with Crippen molar-refractivity contribution < 1.29 is 89.3 Å². The summed E-state index contributed by atoms with van der Waals surface area (Å²) in [6.45, 7) is 13.6. The van der Waals surface area contributed by atoms with Crippen LogP contribution in [0.15, 0.2) is 91.0 Å². The molecule has 0 aliphatic heterocycles. The average Bonchev–Trinajstić information content (AvgIpc) is 3.90. The van der Waals surface area contributed by atoms with Crippen molar-refractivity contribution in [3.8, 4) is 0 Å². The van der Waals surface area contributed by atoms with Crippen molar-refractivity contribution in [2.75, 3.05) is 40.0 Å². The minimum atomic E-state index is -10.7. The molecular formula is C38H57F12P5Rh2-2. The van der Waals surface area contributed by atoms with Gasteiger partial charge in [-0.3, -0.25) is 0 Å². The van der Waals surface area contributed by atoms with E-state index < -0.39 is 15.6 Å². The molecule has 0 nitrogen and oxygen atoms in total. The van der Waals surface area contributed by atoms with E-state index in [1.54, 1.807) is 64.2 Å². The zero-order chi connectivity index (χ0) is 42.3. The average molecular weight is 1100 g/mol. The Balaban J connectivity index is 0. The van der Waals surface area contributed by atoms with Gasteiger partial charge >= 0.3 is 66.0 Å². The molecule has 4 aliphatic carbocycles. The smallest absolute Gasteiger partial charge is 0 e. The molecule has 0 spiro atoms. The fourth-order valence-corrected chi connectivity index (χ4v) is 8.83. The van der Waals surface area contributed by atoms with Crippen molar-refractivity contribution in [1.29, 1.82) is 0 Å². The third-order valence-electron chi connectivity index (χ3n) is 9.08. The third kappa shape index (κ3) is 40.1. The van der Waals surface area contributed by atoms with Crippen molar-refractivity contribution >= 4 is 55.3 Å². The number of fused-ring (bicyclic) bond motifs is 4. The van der Waals surface area contributed by atoms with Gasteiger partial charge in [-0.1, -0.05) is 166 Å². The topological polar surface area (TPSA) is 0 Å². The first kappa shape index (κ1) is 59.3. The Morgan fingerprint density at radius 2 is 0.474 bits per heavy atom. The number of benzene rings is 3. The van der Waals surface area contributed by atoms with Gasteiger partial charge in [0.15, 0.2) is 0 Å². The molecule has 0 saturated heterocycles. The van der Waals surface area contributed by atoms with Gasteiger partial charge in [0.25, 0.3) is 0 Å². The largest absolute Gasteiger partial charge is 0 e. The van der Waals surface area contributed by atoms with Crippen LogP contribution in [0.1, 0.15) is 64.2 Å². The minimum Gasteiger partial charge on any atom is 0 e.